The van der Waals surface area contributed by atoms with Crippen molar-refractivity contribution in [2.45, 2.75) is 17.1 Å². The molecule has 0 aliphatic heterocycles. The predicted molar refractivity (Wildman–Crippen MR) is 65.8 cm³/mol. The van der Waals surface area contributed by atoms with Gasteiger partial charge in [-0.15, -0.1) is 6.42 Å². The van der Waals surface area contributed by atoms with Gasteiger partial charge in [0.1, 0.15) is 5.82 Å². The largest absolute Gasteiger partial charge is 0.354 e. The van der Waals surface area contributed by atoms with Crippen LogP contribution in [-0.4, -0.2) is 21.5 Å². The summed E-state index contributed by atoms with van der Waals surface area (Å²) < 4.78 is -1.68. The molecule has 0 atom stereocenters. The monoisotopic (exact) mass is 278 g/mol. The van der Waals surface area contributed by atoms with E-state index in [1.54, 1.807) is 0 Å². The lowest BCUT2D eigenvalue weighted by molar-refractivity contribution is 0.858. The van der Waals surface area contributed by atoms with E-state index in [1.165, 1.54) is 0 Å². The van der Waals surface area contributed by atoms with Crippen molar-refractivity contribution >= 4 is 40.8 Å². The van der Waals surface area contributed by atoms with E-state index in [4.69, 9.17) is 41.2 Å². The van der Waals surface area contributed by atoms with Crippen molar-refractivity contribution < 1.29 is 0 Å². The number of nitrogens with zero attached hydrogens (tertiary/aromatic N) is 3. The normalized spacial score (nSPS) is 10.9. The van der Waals surface area contributed by atoms with Gasteiger partial charge in [-0.25, -0.2) is 4.98 Å². The maximum absolute atomic E-state index is 5.70. The van der Waals surface area contributed by atoms with E-state index in [9.17, 15) is 0 Å². The van der Waals surface area contributed by atoms with Gasteiger partial charge in [0.25, 0.3) is 0 Å². The molecule has 4 nitrogen and oxygen atoms in total. The Kier molecular flexibility index (Phi) is 4.60. The van der Waals surface area contributed by atoms with E-state index in [0.29, 0.717) is 18.3 Å². The van der Waals surface area contributed by atoms with Crippen LogP contribution in [0.4, 0.5) is 5.95 Å². The fourth-order valence-corrected chi connectivity index (χ4v) is 1.21. The van der Waals surface area contributed by atoms with Crippen molar-refractivity contribution in [3.63, 3.8) is 0 Å². The fourth-order valence-electron chi connectivity index (χ4n) is 0.954. The Hall–Kier alpha value is -0.760. The van der Waals surface area contributed by atoms with Crippen molar-refractivity contribution in [2.75, 3.05) is 11.9 Å². The predicted octanol–water partition coefficient (Wildman–Crippen LogP) is 2.31. The molecule has 0 saturated heterocycles. The highest BCUT2D eigenvalue weighted by molar-refractivity contribution is 6.66. The van der Waals surface area contributed by atoms with Gasteiger partial charge in [-0.1, -0.05) is 40.7 Å². The third-order valence-electron chi connectivity index (χ3n) is 1.53. The second-order valence-electron chi connectivity index (χ2n) is 2.81. The molecule has 0 unspecified atom stereocenters. The minimum Gasteiger partial charge on any atom is -0.354 e. The number of aromatic nitrogens is 3. The second-order valence-corrected chi connectivity index (χ2v) is 5.09. The highest BCUT2D eigenvalue weighted by Crippen LogP contribution is 2.35. The smallest absolute Gasteiger partial charge is 0.250 e. The SMILES string of the molecule is C#CCc1nc(NCC)nc(C(Cl)(Cl)Cl)n1. The van der Waals surface area contributed by atoms with Crippen LogP contribution in [0.2, 0.25) is 0 Å². The molecule has 0 bridgehead atoms. The van der Waals surface area contributed by atoms with Crippen molar-refractivity contribution in [1.82, 2.24) is 15.0 Å². The number of terminal acetylenes is 1. The molecule has 0 radical (unpaired) electrons. The Balaban J connectivity index is 3.14. The minimum atomic E-state index is -1.68. The van der Waals surface area contributed by atoms with Crippen LogP contribution in [-0.2, 0) is 10.2 Å². The van der Waals surface area contributed by atoms with Crippen LogP contribution in [0.1, 0.15) is 18.6 Å². The number of halogens is 3. The Morgan fingerprint density at radius 3 is 2.50 bits per heavy atom. The van der Waals surface area contributed by atoms with Crippen LogP contribution in [0.5, 0.6) is 0 Å². The van der Waals surface area contributed by atoms with Gasteiger partial charge in [0, 0.05) is 6.54 Å². The quantitative estimate of drug-likeness (QED) is 0.681. The Labute approximate surface area is 109 Å². The maximum Gasteiger partial charge on any atom is 0.250 e. The molecule has 0 spiro atoms. The second kappa shape index (κ2) is 5.53. The summed E-state index contributed by atoms with van der Waals surface area (Å²) in [4.78, 5) is 12.0. The van der Waals surface area contributed by atoms with Crippen LogP contribution >= 0.6 is 34.8 Å². The first kappa shape index (κ1) is 13.3. The molecule has 1 aromatic heterocycles. The Bertz CT molecular complexity index is 408. The summed E-state index contributed by atoms with van der Waals surface area (Å²) in [7, 11) is 0. The Morgan fingerprint density at radius 1 is 1.31 bits per heavy atom. The van der Waals surface area contributed by atoms with Gasteiger partial charge in [-0.3, -0.25) is 0 Å². The molecule has 0 aliphatic rings. The van der Waals surface area contributed by atoms with Crippen molar-refractivity contribution in [3.05, 3.63) is 11.6 Å². The van der Waals surface area contributed by atoms with Crippen LogP contribution in [0, 0.1) is 12.3 Å². The first-order valence-electron chi connectivity index (χ1n) is 4.47. The summed E-state index contributed by atoms with van der Waals surface area (Å²) in [5.74, 6) is 3.23. The van der Waals surface area contributed by atoms with Crippen LogP contribution < -0.4 is 5.32 Å². The number of hydrogen-bond donors (Lipinski definition) is 1. The van der Waals surface area contributed by atoms with Crippen molar-refractivity contribution in [2.24, 2.45) is 0 Å². The number of rotatable bonds is 3. The average Bonchev–Trinajstić information content (AvgIpc) is 2.17. The lowest BCUT2D eigenvalue weighted by Crippen LogP contribution is -2.14. The topological polar surface area (TPSA) is 50.7 Å². The summed E-state index contributed by atoms with van der Waals surface area (Å²) in [6.07, 6.45) is 5.43. The Morgan fingerprint density at radius 2 is 2.00 bits per heavy atom. The molecular formula is C9H9Cl3N4. The van der Waals surface area contributed by atoms with E-state index >= 15 is 0 Å². The first-order valence-corrected chi connectivity index (χ1v) is 5.60. The molecule has 1 rings (SSSR count). The summed E-state index contributed by atoms with van der Waals surface area (Å²) in [6.45, 7) is 2.55. The van der Waals surface area contributed by atoms with Crippen LogP contribution in [0.15, 0.2) is 0 Å². The lowest BCUT2D eigenvalue weighted by atomic mass is 10.4. The standard InChI is InChI=1S/C9H9Cl3N4/c1-3-5-6-14-7(9(10,11)12)16-8(15-6)13-4-2/h1H,4-5H2,2H3,(H,13,14,15,16). The van der Waals surface area contributed by atoms with Gasteiger partial charge in [-0.05, 0) is 6.92 Å². The molecule has 0 aromatic carbocycles. The summed E-state index contributed by atoms with van der Waals surface area (Å²) in [5.41, 5.74) is 0. The number of alkyl halides is 3. The first-order chi connectivity index (χ1) is 7.47. The number of nitrogens with one attached hydrogen (secondary N) is 1. The van der Waals surface area contributed by atoms with Gasteiger partial charge in [0.15, 0.2) is 5.82 Å². The van der Waals surface area contributed by atoms with Crippen molar-refractivity contribution in [3.8, 4) is 12.3 Å². The molecule has 16 heavy (non-hydrogen) atoms. The van der Waals surface area contributed by atoms with E-state index in [0.717, 1.165) is 0 Å². The number of hydrogen-bond acceptors (Lipinski definition) is 4. The zero-order valence-electron chi connectivity index (χ0n) is 8.47. The van der Waals surface area contributed by atoms with Crippen LogP contribution in [0.25, 0.3) is 0 Å². The van der Waals surface area contributed by atoms with Crippen LogP contribution in [0.3, 0.4) is 0 Å². The lowest BCUT2D eigenvalue weighted by Gasteiger charge is -2.11. The fraction of sp³-hybridized carbons (Fsp3) is 0.444. The van der Waals surface area contributed by atoms with Gasteiger partial charge >= 0.3 is 0 Å². The summed E-state index contributed by atoms with van der Waals surface area (Å²) >= 11 is 17.1. The molecule has 0 fully saturated rings. The zero-order valence-corrected chi connectivity index (χ0v) is 10.7. The molecule has 7 heteroatoms. The summed E-state index contributed by atoms with van der Waals surface area (Å²) in [5, 5.41) is 2.91. The minimum absolute atomic E-state index is 0.0636. The molecule has 86 valence electrons. The zero-order chi connectivity index (χ0) is 12.2. The molecule has 1 aromatic rings. The highest BCUT2D eigenvalue weighted by atomic mass is 35.6. The van der Waals surface area contributed by atoms with E-state index in [1.807, 2.05) is 6.92 Å². The molecule has 0 aliphatic carbocycles. The van der Waals surface area contributed by atoms with Crippen molar-refractivity contribution in [1.29, 1.82) is 0 Å². The van der Waals surface area contributed by atoms with Gasteiger partial charge in [0.2, 0.25) is 9.74 Å². The molecular weight excluding hydrogens is 270 g/mol. The van der Waals surface area contributed by atoms with Gasteiger partial charge in [0.05, 0.1) is 6.42 Å². The molecule has 0 amide bonds. The molecule has 1 heterocycles. The van der Waals surface area contributed by atoms with Gasteiger partial charge in [-0.2, -0.15) is 9.97 Å². The molecule has 0 saturated carbocycles. The third kappa shape index (κ3) is 3.67. The number of anilines is 1. The third-order valence-corrected chi connectivity index (χ3v) is 2.04. The maximum atomic E-state index is 5.70. The highest BCUT2D eigenvalue weighted by Gasteiger charge is 2.28. The van der Waals surface area contributed by atoms with Gasteiger partial charge < -0.3 is 5.32 Å². The van der Waals surface area contributed by atoms with E-state index in [2.05, 4.69) is 26.2 Å². The summed E-state index contributed by atoms with van der Waals surface area (Å²) in [6, 6.07) is 0. The average molecular weight is 280 g/mol. The molecule has 1 N–H and O–H groups in total. The van der Waals surface area contributed by atoms with E-state index in [-0.39, 0.29) is 12.2 Å². The van der Waals surface area contributed by atoms with E-state index < -0.39 is 3.79 Å².